The second-order valence-corrected chi connectivity index (χ2v) is 12.8. The zero-order chi connectivity index (χ0) is 26.7. The maximum absolute atomic E-state index is 13.5. The Bertz CT molecular complexity index is 1430. The molecule has 1 aliphatic heterocycles. The molecule has 0 atom stereocenters. The van der Waals surface area contributed by atoms with E-state index >= 15 is 0 Å². The van der Waals surface area contributed by atoms with Gasteiger partial charge in [-0.25, -0.2) is 8.42 Å². The standard InChI is InChI=1S/C24H26Cl3N5O3S2/c1-29(2)14-15-36-23-19(16-28-32(24(23)33)17-6-4-3-5-7-17)30-10-12-31(13-11-30)37(34,35)20-9-8-18(25)21(26)22(20)27/h3-9,16H,10-15H2,1-2H3. The normalized spacial score (nSPS) is 14.9. The summed E-state index contributed by atoms with van der Waals surface area (Å²) < 4.78 is 29.3. The molecule has 37 heavy (non-hydrogen) atoms. The van der Waals surface area contributed by atoms with Crippen molar-refractivity contribution in [3.05, 3.63) is 74.1 Å². The van der Waals surface area contributed by atoms with Crippen LogP contribution >= 0.6 is 46.6 Å². The molecule has 1 aromatic heterocycles. The predicted molar refractivity (Wildman–Crippen MR) is 152 cm³/mol. The van der Waals surface area contributed by atoms with E-state index in [1.54, 1.807) is 6.20 Å². The molecule has 1 fully saturated rings. The number of halogens is 3. The van der Waals surface area contributed by atoms with E-state index in [-0.39, 0.29) is 38.6 Å². The molecule has 2 aromatic carbocycles. The van der Waals surface area contributed by atoms with Crippen molar-refractivity contribution in [1.82, 2.24) is 19.0 Å². The van der Waals surface area contributed by atoms with Crippen LogP contribution in [0.2, 0.25) is 15.1 Å². The molecule has 2 heterocycles. The molecule has 0 spiro atoms. The van der Waals surface area contributed by atoms with E-state index in [1.807, 2.05) is 49.3 Å². The third kappa shape index (κ3) is 6.11. The van der Waals surface area contributed by atoms with Gasteiger partial charge in [-0.1, -0.05) is 53.0 Å². The van der Waals surface area contributed by atoms with Crippen LogP contribution < -0.4 is 10.5 Å². The van der Waals surface area contributed by atoms with Crippen molar-refractivity contribution in [2.45, 2.75) is 9.79 Å². The zero-order valence-electron chi connectivity index (χ0n) is 20.3. The third-order valence-corrected chi connectivity index (χ3v) is 10.3. The van der Waals surface area contributed by atoms with Crippen molar-refractivity contribution in [1.29, 1.82) is 0 Å². The number of piperazine rings is 1. The Morgan fingerprint density at radius 3 is 2.30 bits per heavy atom. The van der Waals surface area contributed by atoms with Crippen LogP contribution in [0.4, 0.5) is 5.69 Å². The average Bonchev–Trinajstić information content (AvgIpc) is 2.88. The molecule has 198 valence electrons. The van der Waals surface area contributed by atoms with Gasteiger partial charge in [-0.2, -0.15) is 14.1 Å². The Labute approximate surface area is 235 Å². The number of anilines is 1. The van der Waals surface area contributed by atoms with Crippen molar-refractivity contribution in [3.63, 3.8) is 0 Å². The van der Waals surface area contributed by atoms with E-state index in [2.05, 4.69) is 10.00 Å². The lowest BCUT2D eigenvalue weighted by Gasteiger charge is -2.36. The van der Waals surface area contributed by atoms with E-state index in [0.29, 0.717) is 29.4 Å². The first-order valence-electron chi connectivity index (χ1n) is 11.4. The molecule has 0 unspecified atom stereocenters. The fourth-order valence-corrected chi connectivity index (χ4v) is 7.46. The summed E-state index contributed by atoms with van der Waals surface area (Å²) in [6, 6.07) is 12.1. The second-order valence-electron chi connectivity index (χ2n) is 8.63. The van der Waals surface area contributed by atoms with Crippen molar-refractivity contribution < 1.29 is 8.42 Å². The molecule has 1 saturated heterocycles. The van der Waals surface area contributed by atoms with Gasteiger partial charge in [0.05, 0.1) is 37.5 Å². The van der Waals surface area contributed by atoms with Gasteiger partial charge >= 0.3 is 0 Å². The Morgan fingerprint density at radius 2 is 1.65 bits per heavy atom. The Balaban J connectivity index is 1.60. The number of benzene rings is 2. The van der Waals surface area contributed by atoms with Gasteiger partial charge in [-0.3, -0.25) is 4.79 Å². The summed E-state index contributed by atoms with van der Waals surface area (Å²) in [4.78, 5) is 18.1. The molecule has 0 amide bonds. The summed E-state index contributed by atoms with van der Waals surface area (Å²) in [5.74, 6) is 0.720. The molecule has 3 aromatic rings. The van der Waals surface area contributed by atoms with Crippen LogP contribution in [0.1, 0.15) is 0 Å². The number of aromatic nitrogens is 2. The lowest BCUT2D eigenvalue weighted by molar-refractivity contribution is 0.384. The van der Waals surface area contributed by atoms with Crippen LogP contribution in [0.3, 0.4) is 0 Å². The molecule has 0 aliphatic carbocycles. The lowest BCUT2D eigenvalue weighted by atomic mass is 10.3. The number of hydrogen-bond acceptors (Lipinski definition) is 7. The lowest BCUT2D eigenvalue weighted by Crippen LogP contribution is -2.49. The molecule has 0 bridgehead atoms. The van der Waals surface area contributed by atoms with E-state index in [1.165, 1.54) is 32.9 Å². The van der Waals surface area contributed by atoms with Crippen molar-refractivity contribution >= 4 is 62.3 Å². The summed E-state index contributed by atoms with van der Waals surface area (Å²) in [6.45, 7) is 1.99. The van der Waals surface area contributed by atoms with Crippen LogP contribution in [0.5, 0.6) is 0 Å². The van der Waals surface area contributed by atoms with E-state index in [9.17, 15) is 13.2 Å². The zero-order valence-corrected chi connectivity index (χ0v) is 24.2. The maximum Gasteiger partial charge on any atom is 0.287 e. The van der Waals surface area contributed by atoms with Gasteiger partial charge in [0.25, 0.3) is 5.56 Å². The number of hydrogen-bond donors (Lipinski definition) is 0. The Hall–Kier alpha value is -1.79. The minimum Gasteiger partial charge on any atom is -0.367 e. The minimum atomic E-state index is -3.88. The highest BCUT2D eigenvalue weighted by Gasteiger charge is 2.32. The summed E-state index contributed by atoms with van der Waals surface area (Å²) in [5.41, 5.74) is 1.18. The fourth-order valence-electron chi connectivity index (χ4n) is 3.89. The molecule has 1 aliphatic rings. The molecule has 0 radical (unpaired) electrons. The highest BCUT2D eigenvalue weighted by molar-refractivity contribution is 7.99. The van der Waals surface area contributed by atoms with Gasteiger partial charge in [0.2, 0.25) is 10.0 Å². The fraction of sp³-hybridized carbons (Fsp3) is 0.333. The van der Waals surface area contributed by atoms with Crippen molar-refractivity contribution in [3.8, 4) is 5.69 Å². The van der Waals surface area contributed by atoms with E-state index in [0.717, 1.165) is 12.3 Å². The topological polar surface area (TPSA) is 78.8 Å². The van der Waals surface area contributed by atoms with Gasteiger partial charge in [0, 0.05) is 38.5 Å². The molecule has 8 nitrogen and oxygen atoms in total. The highest BCUT2D eigenvalue weighted by atomic mass is 35.5. The smallest absolute Gasteiger partial charge is 0.287 e. The van der Waals surface area contributed by atoms with E-state index < -0.39 is 10.0 Å². The van der Waals surface area contributed by atoms with Gasteiger partial charge in [0.15, 0.2) is 0 Å². The predicted octanol–water partition coefficient (Wildman–Crippen LogP) is 4.36. The van der Waals surface area contributed by atoms with Crippen LogP contribution in [0.15, 0.2) is 63.2 Å². The summed E-state index contributed by atoms with van der Waals surface area (Å²) in [6.07, 6.45) is 1.69. The number of para-hydroxylation sites is 1. The first-order valence-corrected chi connectivity index (χ1v) is 15.0. The molecular formula is C24H26Cl3N5O3S2. The number of sulfonamides is 1. The molecular weight excluding hydrogens is 577 g/mol. The summed E-state index contributed by atoms with van der Waals surface area (Å²) in [5, 5.41) is 4.54. The monoisotopic (exact) mass is 601 g/mol. The molecule has 13 heteroatoms. The van der Waals surface area contributed by atoms with Gasteiger partial charge in [0.1, 0.15) is 4.90 Å². The molecule has 0 N–H and O–H groups in total. The maximum atomic E-state index is 13.5. The largest absolute Gasteiger partial charge is 0.367 e. The SMILES string of the molecule is CN(C)CCSc1c(N2CCN(S(=O)(=O)c3ccc(Cl)c(Cl)c3Cl)CC2)cnn(-c2ccccc2)c1=O. The third-order valence-electron chi connectivity index (χ3n) is 5.90. The van der Waals surface area contributed by atoms with Gasteiger partial charge in [-0.05, 0) is 38.4 Å². The Kier molecular flexibility index (Phi) is 9.11. The Morgan fingerprint density at radius 1 is 0.973 bits per heavy atom. The van der Waals surface area contributed by atoms with Crippen LogP contribution in [0.25, 0.3) is 5.69 Å². The number of rotatable bonds is 8. The van der Waals surface area contributed by atoms with Crippen LogP contribution in [0, 0.1) is 0 Å². The molecule has 0 saturated carbocycles. The van der Waals surface area contributed by atoms with E-state index in [4.69, 9.17) is 34.8 Å². The first kappa shape index (κ1) is 28.2. The highest BCUT2D eigenvalue weighted by Crippen LogP contribution is 2.36. The quantitative estimate of drug-likeness (QED) is 0.280. The second kappa shape index (κ2) is 11.9. The van der Waals surface area contributed by atoms with Gasteiger partial charge < -0.3 is 9.80 Å². The number of nitrogens with zero attached hydrogens (tertiary/aromatic N) is 5. The van der Waals surface area contributed by atoms with Crippen LogP contribution in [-0.2, 0) is 10.0 Å². The summed E-state index contributed by atoms with van der Waals surface area (Å²) >= 11 is 19.7. The van der Waals surface area contributed by atoms with Crippen LogP contribution in [-0.4, -0.2) is 80.0 Å². The first-order chi connectivity index (χ1) is 17.6. The number of thioether (sulfide) groups is 1. The average molecular weight is 603 g/mol. The molecule has 4 rings (SSSR count). The van der Waals surface area contributed by atoms with Gasteiger partial charge in [-0.15, -0.1) is 11.8 Å². The van der Waals surface area contributed by atoms with Crippen molar-refractivity contribution in [2.24, 2.45) is 0 Å². The minimum absolute atomic E-state index is 0.00694. The van der Waals surface area contributed by atoms with Crippen molar-refractivity contribution in [2.75, 3.05) is 57.5 Å². The summed E-state index contributed by atoms with van der Waals surface area (Å²) in [7, 11) is 0.0815.